The molecule has 4 heteroatoms. The molecule has 2 rings (SSSR count). The second kappa shape index (κ2) is 6.37. The van der Waals surface area contributed by atoms with Crippen molar-refractivity contribution >= 4 is 16.8 Å². The lowest BCUT2D eigenvalue weighted by atomic mass is 10.1. The molecule has 1 atom stereocenters. The summed E-state index contributed by atoms with van der Waals surface area (Å²) in [6.45, 7) is 6.13. The van der Waals surface area contributed by atoms with Crippen LogP contribution >= 0.6 is 0 Å². The smallest absolute Gasteiger partial charge is 0.258 e. The SMILES string of the molecule is CC(C)C(C)NC(=O)COc1cnc2ccccc2c1. The molecule has 0 saturated carbocycles. The number of ether oxygens (including phenoxy) is 1. The Kier molecular flexibility index (Phi) is 4.56. The fourth-order valence-corrected chi connectivity index (χ4v) is 1.74. The summed E-state index contributed by atoms with van der Waals surface area (Å²) in [6.07, 6.45) is 1.64. The molecule has 2 aromatic rings. The number of nitrogens with zero attached hydrogens (tertiary/aromatic N) is 1. The number of carbonyl (C=O) groups excluding carboxylic acids is 1. The first kappa shape index (κ1) is 14.3. The highest BCUT2D eigenvalue weighted by Crippen LogP contribution is 2.17. The number of pyridine rings is 1. The molecule has 0 aliphatic heterocycles. The summed E-state index contributed by atoms with van der Waals surface area (Å²) in [5, 5.41) is 3.90. The lowest BCUT2D eigenvalue weighted by molar-refractivity contribution is -0.124. The number of carbonyl (C=O) groups is 1. The highest BCUT2D eigenvalue weighted by Gasteiger charge is 2.11. The summed E-state index contributed by atoms with van der Waals surface area (Å²) in [6, 6.07) is 9.83. The summed E-state index contributed by atoms with van der Waals surface area (Å²) in [5.41, 5.74) is 0.915. The first-order chi connectivity index (χ1) is 9.56. The fourth-order valence-electron chi connectivity index (χ4n) is 1.74. The Morgan fingerprint density at radius 1 is 1.30 bits per heavy atom. The van der Waals surface area contributed by atoms with E-state index in [0.717, 1.165) is 10.9 Å². The Labute approximate surface area is 119 Å². The number of benzene rings is 1. The van der Waals surface area contributed by atoms with E-state index in [9.17, 15) is 4.79 Å². The number of fused-ring (bicyclic) bond motifs is 1. The normalized spacial score (nSPS) is 12.4. The van der Waals surface area contributed by atoms with Crippen LogP contribution in [0.15, 0.2) is 36.5 Å². The first-order valence-electron chi connectivity index (χ1n) is 6.83. The minimum Gasteiger partial charge on any atom is -0.482 e. The van der Waals surface area contributed by atoms with Gasteiger partial charge in [0.15, 0.2) is 6.61 Å². The lowest BCUT2D eigenvalue weighted by Gasteiger charge is -2.17. The van der Waals surface area contributed by atoms with Gasteiger partial charge in [-0.15, -0.1) is 0 Å². The maximum atomic E-state index is 11.7. The van der Waals surface area contributed by atoms with E-state index in [1.807, 2.05) is 37.3 Å². The van der Waals surface area contributed by atoms with Gasteiger partial charge in [-0.05, 0) is 25.0 Å². The van der Waals surface area contributed by atoms with Crippen LogP contribution in [0, 0.1) is 5.92 Å². The summed E-state index contributed by atoms with van der Waals surface area (Å²) in [4.78, 5) is 16.0. The Morgan fingerprint density at radius 3 is 2.80 bits per heavy atom. The third-order valence-electron chi connectivity index (χ3n) is 3.32. The number of hydrogen-bond donors (Lipinski definition) is 1. The predicted octanol–water partition coefficient (Wildman–Crippen LogP) is 2.77. The van der Waals surface area contributed by atoms with Crippen molar-refractivity contribution < 1.29 is 9.53 Å². The van der Waals surface area contributed by atoms with Gasteiger partial charge >= 0.3 is 0 Å². The van der Waals surface area contributed by atoms with Gasteiger partial charge in [0.25, 0.3) is 5.91 Å². The molecule has 0 aliphatic rings. The Morgan fingerprint density at radius 2 is 2.05 bits per heavy atom. The Balaban J connectivity index is 1.94. The maximum absolute atomic E-state index is 11.7. The van der Waals surface area contributed by atoms with Crippen LogP contribution < -0.4 is 10.1 Å². The molecule has 0 bridgehead atoms. The van der Waals surface area contributed by atoms with Crippen molar-refractivity contribution in [3.05, 3.63) is 36.5 Å². The van der Waals surface area contributed by atoms with E-state index >= 15 is 0 Å². The topological polar surface area (TPSA) is 51.2 Å². The average Bonchev–Trinajstić information content (AvgIpc) is 2.44. The van der Waals surface area contributed by atoms with Gasteiger partial charge in [0, 0.05) is 11.4 Å². The van der Waals surface area contributed by atoms with Gasteiger partial charge < -0.3 is 10.1 Å². The van der Waals surface area contributed by atoms with Gasteiger partial charge in [0.2, 0.25) is 0 Å². The van der Waals surface area contributed by atoms with Gasteiger partial charge in [0.1, 0.15) is 5.75 Å². The number of aromatic nitrogens is 1. The van der Waals surface area contributed by atoms with Gasteiger partial charge in [-0.1, -0.05) is 32.0 Å². The van der Waals surface area contributed by atoms with Crippen molar-refractivity contribution in [1.29, 1.82) is 0 Å². The monoisotopic (exact) mass is 272 g/mol. The molecule has 0 spiro atoms. The lowest BCUT2D eigenvalue weighted by Crippen LogP contribution is -2.38. The van der Waals surface area contributed by atoms with E-state index < -0.39 is 0 Å². The Bertz CT molecular complexity index is 596. The molecule has 4 nitrogen and oxygen atoms in total. The van der Waals surface area contributed by atoms with E-state index in [-0.39, 0.29) is 18.6 Å². The third-order valence-corrected chi connectivity index (χ3v) is 3.32. The maximum Gasteiger partial charge on any atom is 0.258 e. The highest BCUT2D eigenvalue weighted by molar-refractivity contribution is 5.80. The van der Waals surface area contributed by atoms with Gasteiger partial charge in [-0.25, -0.2) is 0 Å². The second-order valence-electron chi connectivity index (χ2n) is 5.25. The molecule has 0 radical (unpaired) electrons. The summed E-state index contributed by atoms with van der Waals surface area (Å²) in [7, 11) is 0. The van der Waals surface area contributed by atoms with Crippen molar-refractivity contribution in [2.75, 3.05) is 6.61 Å². The zero-order valence-electron chi connectivity index (χ0n) is 12.1. The molecular formula is C16H20N2O2. The van der Waals surface area contributed by atoms with E-state index in [1.54, 1.807) is 6.20 Å². The number of amides is 1. The molecular weight excluding hydrogens is 252 g/mol. The first-order valence-corrected chi connectivity index (χ1v) is 6.83. The second-order valence-corrected chi connectivity index (χ2v) is 5.25. The molecule has 20 heavy (non-hydrogen) atoms. The van der Waals surface area contributed by atoms with Crippen LogP contribution in [0.3, 0.4) is 0 Å². The summed E-state index contributed by atoms with van der Waals surface area (Å²) < 4.78 is 5.48. The molecule has 1 N–H and O–H groups in total. The van der Waals surface area contributed by atoms with Gasteiger partial charge in [0.05, 0.1) is 11.7 Å². The van der Waals surface area contributed by atoms with Gasteiger partial charge in [-0.3, -0.25) is 9.78 Å². The van der Waals surface area contributed by atoms with Gasteiger partial charge in [-0.2, -0.15) is 0 Å². The van der Waals surface area contributed by atoms with Crippen LogP contribution in [0.1, 0.15) is 20.8 Å². The summed E-state index contributed by atoms with van der Waals surface area (Å²) >= 11 is 0. The molecule has 1 aromatic carbocycles. The Hall–Kier alpha value is -2.10. The molecule has 1 amide bonds. The predicted molar refractivity (Wildman–Crippen MR) is 79.7 cm³/mol. The number of rotatable bonds is 5. The van der Waals surface area contributed by atoms with Crippen LogP contribution in [0.25, 0.3) is 10.9 Å². The van der Waals surface area contributed by atoms with E-state index in [0.29, 0.717) is 11.7 Å². The minimum atomic E-state index is -0.112. The van der Waals surface area contributed by atoms with Crippen LogP contribution in [-0.2, 0) is 4.79 Å². The van der Waals surface area contributed by atoms with Crippen LogP contribution in [0.2, 0.25) is 0 Å². The van der Waals surface area contributed by atoms with Crippen LogP contribution in [-0.4, -0.2) is 23.5 Å². The van der Waals surface area contributed by atoms with Crippen molar-refractivity contribution in [2.45, 2.75) is 26.8 Å². The largest absolute Gasteiger partial charge is 0.482 e. The van der Waals surface area contributed by atoms with Crippen LogP contribution in [0.5, 0.6) is 5.75 Å². The molecule has 106 valence electrons. The highest BCUT2D eigenvalue weighted by atomic mass is 16.5. The third kappa shape index (κ3) is 3.70. The molecule has 0 fully saturated rings. The summed E-state index contributed by atoms with van der Waals surface area (Å²) in [5.74, 6) is 0.900. The minimum absolute atomic E-state index is 0.0110. The van der Waals surface area contributed by atoms with Crippen molar-refractivity contribution in [3.8, 4) is 5.75 Å². The average molecular weight is 272 g/mol. The van der Waals surface area contributed by atoms with E-state index in [2.05, 4.69) is 24.1 Å². The molecule has 0 saturated heterocycles. The van der Waals surface area contributed by atoms with Crippen molar-refractivity contribution in [2.24, 2.45) is 5.92 Å². The quantitative estimate of drug-likeness (QED) is 0.910. The van der Waals surface area contributed by atoms with Crippen molar-refractivity contribution in [1.82, 2.24) is 10.3 Å². The zero-order chi connectivity index (χ0) is 14.5. The zero-order valence-corrected chi connectivity index (χ0v) is 12.1. The number of nitrogens with one attached hydrogen (secondary N) is 1. The molecule has 0 aliphatic carbocycles. The number of para-hydroxylation sites is 1. The van der Waals surface area contributed by atoms with E-state index in [1.165, 1.54) is 0 Å². The standard InChI is InChI=1S/C16H20N2O2/c1-11(2)12(3)18-16(19)10-20-14-8-13-6-4-5-7-15(13)17-9-14/h4-9,11-12H,10H2,1-3H3,(H,18,19). The van der Waals surface area contributed by atoms with Crippen LogP contribution in [0.4, 0.5) is 0 Å². The fraction of sp³-hybridized carbons (Fsp3) is 0.375. The molecule has 1 aromatic heterocycles. The molecule has 1 heterocycles. The van der Waals surface area contributed by atoms with Crippen molar-refractivity contribution in [3.63, 3.8) is 0 Å². The number of hydrogen-bond acceptors (Lipinski definition) is 3. The van der Waals surface area contributed by atoms with E-state index in [4.69, 9.17) is 4.74 Å². The molecule has 1 unspecified atom stereocenters.